The Hall–Kier alpha value is -0.890. The van der Waals surface area contributed by atoms with Crippen LogP contribution in [-0.4, -0.2) is 10.9 Å². The number of halogens is 3. The first-order valence-electron chi connectivity index (χ1n) is 5.84. The molecule has 0 atom stereocenters. The Morgan fingerprint density at radius 3 is 2.76 bits per heavy atom. The van der Waals surface area contributed by atoms with Crippen LogP contribution in [0.4, 0.5) is 5.69 Å². The average molecular weight is 449 g/mol. The molecule has 0 saturated heterocycles. The van der Waals surface area contributed by atoms with E-state index in [1.54, 1.807) is 29.8 Å². The topological polar surface area (TPSA) is 42.0 Å². The highest BCUT2D eigenvalue weighted by atomic mass is 127. The first-order chi connectivity index (χ1) is 10.1. The Balaban J connectivity index is 1.98. The van der Waals surface area contributed by atoms with Crippen molar-refractivity contribution < 1.29 is 4.79 Å². The van der Waals surface area contributed by atoms with E-state index in [0.29, 0.717) is 26.8 Å². The molecule has 0 aliphatic heterocycles. The summed E-state index contributed by atoms with van der Waals surface area (Å²) in [4.78, 5) is 16.6. The van der Waals surface area contributed by atoms with Crippen molar-refractivity contribution in [3.05, 3.63) is 55.0 Å². The Labute approximate surface area is 148 Å². The predicted octanol–water partition coefficient (Wildman–Crippen LogP) is 5.46. The van der Waals surface area contributed by atoms with Gasteiger partial charge in [0.2, 0.25) is 0 Å². The van der Waals surface area contributed by atoms with E-state index in [4.69, 9.17) is 23.2 Å². The zero-order valence-corrected chi connectivity index (χ0v) is 14.8. The van der Waals surface area contributed by atoms with E-state index in [9.17, 15) is 4.79 Å². The Morgan fingerprint density at radius 2 is 2.00 bits per heavy atom. The Bertz CT molecular complexity index is 850. The van der Waals surface area contributed by atoms with Gasteiger partial charge in [0.15, 0.2) is 0 Å². The molecule has 0 unspecified atom stereocenters. The fourth-order valence-electron chi connectivity index (χ4n) is 1.85. The molecule has 0 fully saturated rings. The normalized spacial score (nSPS) is 10.8. The van der Waals surface area contributed by atoms with Crippen molar-refractivity contribution in [1.82, 2.24) is 4.98 Å². The summed E-state index contributed by atoms with van der Waals surface area (Å²) in [5, 5.41) is 3.81. The van der Waals surface area contributed by atoms with Gasteiger partial charge in [-0.25, -0.2) is 4.98 Å². The summed E-state index contributed by atoms with van der Waals surface area (Å²) in [5.74, 6) is -0.268. The number of thiazole rings is 1. The maximum absolute atomic E-state index is 12.3. The van der Waals surface area contributed by atoms with Crippen molar-refractivity contribution in [2.45, 2.75) is 0 Å². The maximum atomic E-state index is 12.3. The molecular weight excluding hydrogens is 442 g/mol. The van der Waals surface area contributed by atoms with Crippen LogP contribution in [0.15, 0.2) is 35.8 Å². The molecule has 2 aromatic carbocycles. The molecule has 3 rings (SSSR count). The second-order valence-electron chi connectivity index (χ2n) is 4.20. The van der Waals surface area contributed by atoms with E-state index < -0.39 is 0 Å². The molecule has 3 nitrogen and oxygen atoms in total. The van der Waals surface area contributed by atoms with E-state index in [-0.39, 0.29) is 5.91 Å². The molecule has 0 radical (unpaired) electrons. The maximum Gasteiger partial charge on any atom is 0.255 e. The standard InChI is InChI=1S/C14H7Cl2IN2OS/c15-8-2-4-11-13(18-6-21-11)12(8)19-14(20)7-1-3-10(17)9(16)5-7/h1-6H,(H,19,20). The lowest BCUT2D eigenvalue weighted by atomic mass is 10.2. The number of anilines is 1. The van der Waals surface area contributed by atoms with Crippen LogP contribution < -0.4 is 5.32 Å². The molecule has 0 spiro atoms. The molecular formula is C14H7Cl2IN2OS. The van der Waals surface area contributed by atoms with Gasteiger partial charge in [-0.3, -0.25) is 4.79 Å². The zero-order chi connectivity index (χ0) is 15.0. The third kappa shape index (κ3) is 3.01. The molecule has 21 heavy (non-hydrogen) atoms. The number of aromatic nitrogens is 1. The highest BCUT2D eigenvalue weighted by Gasteiger charge is 2.14. The molecule has 1 amide bonds. The summed E-state index contributed by atoms with van der Waals surface area (Å²) >= 11 is 15.8. The van der Waals surface area contributed by atoms with E-state index >= 15 is 0 Å². The molecule has 7 heteroatoms. The van der Waals surface area contributed by atoms with Crippen molar-refractivity contribution >= 4 is 78.9 Å². The molecule has 1 heterocycles. The van der Waals surface area contributed by atoms with Gasteiger partial charge < -0.3 is 5.32 Å². The number of hydrogen-bond acceptors (Lipinski definition) is 3. The summed E-state index contributed by atoms with van der Waals surface area (Å²) in [7, 11) is 0. The lowest BCUT2D eigenvalue weighted by Crippen LogP contribution is -2.12. The average Bonchev–Trinajstić information content (AvgIpc) is 2.93. The van der Waals surface area contributed by atoms with Crippen LogP contribution in [0.25, 0.3) is 10.2 Å². The molecule has 3 aromatic rings. The van der Waals surface area contributed by atoms with Crippen molar-refractivity contribution in [3.8, 4) is 0 Å². The van der Waals surface area contributed by atoms with Crippen LogP contribution in [0.5, 0.6) is 0 Å². The monoisotopic (exact) mass is 448 g/mol. The fraction of sp³-hybridized carbons (Fsp3) is 0. The number of rotatable bonds is 2. The minimum atomic E-state index is -0.268. The summed E-state index contributed by atoms with van der Waals surface area (Å²) < 4.78 is 1.86. The summed E-state index contributed by atoms with van der Waals surface area (Å²) in [6.45, 7) is 0. The highest BCUT2D eigenvalue weighted by Crippen LogP contribution is 2.32. The Morgan fingerprint density at radius 1 is 1.19 bits per heavy atom. The second kappa shape index (κ2) is 6.08. The molecule has 0 aliphatic rings. The van der Waals surface area contributed by atoms with E-state index in [2.05, 4.69) is 32.9 Å². The van der Waals surface area contributed by atoms with Gasteiger partial charge in [0, 0.05) is 9.13 Å². The number of nitrogens with one attached hydrogen (secondary N) is 1. The SMILES string of the molecule is O=C(Nc1c(Cl)ccc2scnc12)c1ccc(I)c(Cl)c1. The van der Waals surface area contributed by atoms with Crippen LogP contribution in [0, 0.1) is 3.57 Å². The number of carbonyl (C=O) groups excluding carboxylic acids is 1. The number of fused-ring (bicyclic) bond motifs is 1. The number of benzene rings is 2. The fourth-order valence-corrected chi connectivity index (χ4v) is 3.25. The van der Waals surface area contributed by atoms with Crippen LogP contribution >= 0.6 is 57.1 Å². The van der Waals surface area contributed by atoms with Gasteiger partial charge in [-0.05, 0) is 52.9 Å². The van der Waals surface area contributed by atoms with Crippen LogP contribution in [0.2, 0.25) is 10.0 Å². The van der Waals surface area contributed by atoms with Gasteiger partial charge in [0.05, 0.1) is 25.9 Å². The number of hydrogen-bond donors (Lipinski definition) is 1. The van der Waals surface area contributed by atoms with Gasteiger partial charge in [0.1, 0.15) is 5.52 Å². The van der Waals surface area contributed by atoms with Gasteiger partial charge >= 0.3 is 0 Å². The minimum Gasteiger partial charge on any atom is -0.319 e. The van der Waals surface area contributed by atoms with Crippen molar-refractivity contribution in [2.24, 2.45) is 0 Å². The molecule has 1 N–H and O–H groups in total. The largest absolute Gasteiger partial charge is 0.319 e. The number of carbonyl (C=O) groups is 1. The lowest BCUT2D eigenvalue weighted by molar-refractivity contribution is 0.102. The third-order valence-corrected chi connectivity index (χ3v) is 5.55. The van der Waals surface area contributed by atoms with Gasteiger partial charge in [-0.2, -0.15) is 0 Å². The van der Waals surface area contributed by atoms with E-state index in [1.165, 1.54) is 11.3 Å². The lowest BCUT2D eigenvalue weighted by Gasteiger charge is -2.08. The van der Waals surface area contributed by atoms with Gasteiger partial charge in [-0.15, -0.1) is 11.3 Å². The Kier molecular flexibility index (Phi) is 4.35. The smallest absolute Gasteiger partial charge is 0.255 e. The highest BCUT2D eigenvalue weighted by molar-refractivity contribution is 14.1. The summed E-state index contributed by atoms with van der Waals surface area (Å²) in [5.41, 5.74) is 3.41. The predicted molar refractivity (Wildman–Crippen MR) is 96.8 cm³/mol. The molecule has 1 aromatic heterocycles. The van der Waals surface area contributed by atoms with Crippen molar-refractivity contribution in [3.63, 3.8) is 0 Å². The van der Waals surface area contributed by atoms with Gasteiger partial charge in [0.25, 0.3) is 5.91 Å². The van der Waals surface area contributed by atoms with Crippen molar-refractivity contribution in [2.75, 3.05) is 5.32 Å². The minimum absolute atomic E-state index is 0.268. The van der Waals surface area contributed by atoms with Crippen LogP contribution in [-0.2, 0) is 0 Å². The third-order valence-electron chi connectivity index (χ3n) is 2.87. The summed E-state index contributed by atoms with van der Waals surface area (Å²) in [6.07, 6.45) is 0. The molecule has 0 bridgehead atoms. The molecule has 0 saturated carbocycles. The summed E-state index contributed by atoms with van der Waals surface area (Å²) in [6, 6.07) is 8.78. The molecule has 106 valence electrons. The first kappa shape index (κ1) is 15.0. The molecule has 0 aliphatic carbocycles. The zero-order valence-electron chi connectivity index (χ0n) is 10.4. The van der Waals surface area contributed by atoms with Gasteiger partial charge in [-0.1, -0.05) is 23.2 Å². The van der Waals surface area contributed by atoms with E-state index in [0.717, 1.165) is 8.27 Å². The first-order valence-corrected chi connectivity index (χ1v) is 8.56. The second-order valence-corrected chi connectivity index (χ2v) is 7.07. The van der Waals surface area contributed by atoms with Crippen molar-refractivity contribution in [1.29, 1.82) is 0 Å². The van der Waals surface area contributed by atoms with Crippen LogP contribution in [0.3, 0.4) is 0 Å². The van der Waals surface area contributed by atoms with E-state index in [1.807, 2.05) is 6.07 Å². The van der Waals surface area contributed by atoms with Crippen LogP contribution in [0.1, 0.15) is 10.4 Å². The number of nitrogens with zero attached hydrogens (tertiary/aromatic N) is 1. The number of amides is 1. The quantitative estimate of drug-likeness (QED) is 0.529.